The number of fused-ring (bicyclic) bond motifs is 1. The Morgan fingerprint density at radius 1 is 1.31 bits per heavy atom. The minimum absolute atomic E-state index is 0.116. The van der Waals surface area contributed by atoms with Gasteiger partial charge in [0.25, 0.3) is 5.91 Å². The second-order valence-corrected chi connectivity index (χ2v) is 8.70. The van der Waals surface area contributed by atoms with Gasteiger partial charge < -0.3 is 19.3 Å². The molecule has 2 saturated heterocycles. The van der Waals surface area contributed by atoms with Crippen molar-refractivity contribution in [2.75, 3.05) is 56.3 Å². The molecule has 1 aromatic heterocycles. The van der Waals surface area contributed by atoms with Gasteiger partial charge in [-0.2, -0.15) is 11.8 Å². The number of benzene rings is 1. The summed E-state index contributed by atoms with van der Waals surface area (Å²) in [6.45, 7) is 5.58. The van der Waals surface area contributed by atoms with E-state index in [-0.39, 0.29) is 5.91 Å². The van der Waals surface area contributed by atoms with Crippen LogP contribution in [-0.4, -0.2) is 73.3 Å². The van der Waals surface area contributed by atoms with Gasteiger partial charge in [0, 0.05) is 31.1 Å². The third kappa shape index (κ3) is 3.37. The van der Waals surface area contributed by atoms with Crippen molar-refractivity contribution in [3.63, 3.8) is 0 Å². The molecule has 1 aromatic carbocycles. The molecular weight excluding hydrogens is 370 g/mol. The number of nitrogens with zero attached hydrogens (tertiary/aromatic N) is 3. The van der Waals surface area contributed by atoms with Crippen molar-refractivity contribution in [3.05, 3.63) is 17.7 Å². The molecule has 3 heterocycles. The largest absolute Gasteiger partial charge is 0.494 e. The lowest BCUT2D eigenvalue weighted by Crippen LogP contribution is -2.52. The van der Waals surface area contributed by atoms with E-state index in [1.807, 2.05) is 22.7 Å². The molecule has 2 aliphatic heterocycles. The summed E-state index contributed by atoms with van der Waals surface area (Å²) in [6, 6.07) is 4.02. The first-order valence-corrected chi connectivity index (χ1v) is 10.8. The second-order valence-electron chi connectivity index (χ2n) is 6.50. The maximum atomic E-state index is 12.8. The number of anilines is 1. The Hall–Kier alpha value is -1.51. The lowest BCUT2D eigenvalue weighted by atomic mass is 10.2. The molecule has 2 aromatic rings. The van der Waals surface area contributed by atoms with Crippen LogP contribution in [0.1, 0.15) is 5.56 Å². The Balaban J connectivity index is 1.55. The number of thiazole rings is 1. The Labute approximate surface area is 161 Å². The number of ether oxygens (including phenoxy) is 2. The zero-order valence-corrected chi connectivity index (χ0v) is 16.7. The maximum Gasteiger partial charge on any atom is 0.253 e. The van der Waals surface area contributed by atoms with Gasteiger partial charge in [0.15, 0.2) is 11.2 Å². The number of morpholine rings is 1. The number of carbonyl (C=O) groups is 1. The van der Waals surface area contributed by atoms with Gasteiger partial charge in [-0.25, -0.2) is 4.98 Å². The summed E-state index contributed by atoms with van der Waals surface area (Å²) in [5.74, 6) is 2.93. The quantitative estimate of drug-likeness (QED) is 0.798. The molecule has 0 bridgehead atoms. The summed E-state index contributed by atoms with van der Waals surface area (Å²) in [4.78, 5) is 21.7. The first kappa shape index (κ1) is 17.9. The summed E-state index contributed by atoms with van der Waals surface area (Å²) >= 11 is 3.56. The number of rotatable bonds is 3. The van der Waals surface area contributed by atoms with Crippen LogP contribution in [-0.2, 0) is 9.53 Å². The fraction of sp³-hybridized carbons (Fsp3) is 0.556. The van der Waals surface area contributed by atoms with Crippen molar-refractivity contribution in [3.8, 4) is 5.75 Å². The SMILES string of the molecule is COc1ccc(C)c2sc(N3CCOC(C(=O)N4CCSCC4)C3)nc12. The highest BCUT2D eigenvalue weighted by Gasteiger charge is 2.32. The molecule has 8 heteroatoms. The third-order valence-electron chi connectivity index (χ3n) is 4.85. The Kier molecular flexibility index (Phi) is 5.24. The number of hydrogen-bond acceptors (Lipinski definition) is 7. The number of aryl methyl sites for hydroxylation is 1. The van der Waals surface area contributed by atoms with Crippen LogP contribution in [0.15, 0.2) is 12.1 Å². The summed E-state index contributed by atoms with van der Waals surface area (Å²) in [5.41, 5.74) is 2.09. The highest BCUT2D eigenvalue weighted by molar-refractivity contribution is 7.99. The zero-order valence-electron chi connectivity index (χ0n) is 15.1. The number of carbonyl (C=O) groups excluding carboxylic acids is 1. The van der Waals surface area contributed by atoms with Gasteiger partial charge in [0.1, 0.15) is 11.3 Å². The summed E-state index contributed by atoms with van der Waals surface area (Å²) in [6.07, 6.45) is -0.401. The fourth-order valence-electron chi connectivity index (χ4n) is 3.36. The zero-order chi connectivity index (χ0) is 18.1. The molecule has 1 atom stereocenters. The summed E-state index contributed by atoms with van der Waals surface area (Å²) < 4.78 is 12.4. The topological polar surface area (TPSA) is 54.9 Å². The molecule has 0 N–H and O–H groups in total. The number of methoxy groups -OCH3 is 1. The van der Waals surface area contributed by atoms with Crippen LogP contribution in [0.2, 0.25) is 0 Å². The van der Waals surface area contributed by atoms with Gasteiger partial charge in [0.2, 0.25) is 0 Å². The van der Waals surface area contributed by atoms with E-state index in [0.29, 0.717) is 13.2 Å². The average molecular weight is 394 g/mol. The maximum absolute atomic E-state index is 12.8. The van der Waals surface area contributed by atoms with E-state index in [4.69, 9.17) is 14.5 Å². The fourth-order valence-corrected chi connectivity index (χ4v) is 5.35. The Morgan fingerprint density at radius 2 is 2.12 bits per heavy atom. The molecule has 6 nitrogen and oxygen atoms in total. The molecule has 2 aliphatic rings. The van der Waals surface area contributed by atoms with Crippen molar-refractivity contribution in [2.45, 2.75) is 13.0 Å². The predicted molar refractivity (Wildman–Crippen MR) is 107 cm³/mol. The van der Waals surface area contributed by atoms with E-state index in [9.17, 15) is 4.79 Å². The van der Waals surface area contributed by atoms with Crippen molar-refractivity contribution >= 4 is 44.4 Å². The van der Waals surface area contributed by atoms with Crippen LogP contribution < -0.4 is 9.64 Å². The lowest BCUT2D eigenvalue weighted by molar-refractivity contribution is -0.144. The lowest BCUT2D eigenvalue weighted by Gasteiger charge is -2.35. The third-order valence-corrected chi connectivity index (χ3v) is 7.04. The molecule has 0 spiro atoms. The molecule has 0 radical (unpaired) electrons. The van der Waals surface area contributed by atoms with Gasteiger partial charge in [0.05, 0.1) is 25.0 Å². The van der Waals surface area contributed by atoms with Gasteiger partial charge >= 0.3 is 0 Å². The van der Waals surface area contributed by atoms with Crippen molar-refractivity contribution in [2.24, 2.45) is 0 Å². The standard InChI is InChI=1S/C18H23N3O3S2/c1-12-3-4-13(23-2)15-16(12)26-18(19-15)21-5-8-24-14(11-21)17(22)20-6-9-25-10-7-20/h3-4,14H,5-11H2,1-2H3. The molecule has 140 valence electrons. The Morgan fingerprint density at radius 3 is 2.88 bits per heavy atom. The molecule has 0 aliphatic carbocycles. The smallest absolute Gasteiger partial charge is 0.253 e. The van der Waals surface area contributed by atoms with Gasteiger partial charge in [-0.05, 0) is 18.6 Å². The minimum atomic E-state index is -0.401. The van der Waals surface area contributed by atoms with E-state index >= 15 is 0 Å². The van der Waals surface area contributed by atoms with Crippen LogP contribution in [0.25, 0.3) is 10.2 Å². The highest BCUT2D eigenvalue weighted by atomic mass is 32.2. The van der Waals surface area contributed by atoms with E-state index < -0.39 is 6.10 Å². The van der Waals surface area contributed by atoms with Gasteiger partial charge in [-0.1, -0.05) is 17.4 Å². The first-order valence-electron chi connectivity index (χ1n) is 8.84. The molecule has 0 saturated carbocycles. The molecule has 4 rings (SSSR count). The van der Waals surface area contributed by atoms with Crippen molar-refractivity contribution in [1.82, 2.24) is 9.88 Å². The van der Waals surface area contributed by atoms with E-state index in [1.54, 1.807) is 18.4 Å². The minimum Gasteiger partial charge on any atom is -0.494 e. The first-order chi connectivity index (χ1) is 12.7. The van der Waals surface area contributed by atoms with E-state index in [1.165, 1.54) is 5.56 Å². The van der Waals surface area contributed by atoms with E-state index in [2.05, 4.69) is 17.9 Å². The normalized spacial score (nSPS) is 21.2. The number of aromatic nitrogens is 1. The highest BCUT2D eigenvalue weighted by Crippen LogP contribution is 2.36. The van der Waals surface area contributed by atoms with Gasteiger partial charge in [-0.3, -0.25) is 4.79 Å². The van der Waals surface area contributed by atoms with Crippen LogP contribution >= 0.6 is 23.1 Å². The predicted octanol–water partition coefficient (Wildman–Crippen LogP) is 2.39. The van der Waals surface area contributed by atoms with Crippen LogP contribution in [0, 0.1) is 6.92 Å². The average Bonchev–Trinajstić information content (AvgIpc) is 3.15. The van der Waals surface area contributed by atoms with Crippen molar-refractivity contribution < 1.29 is 14.3 Å². The summed E-state index contributed by atoms with van der Waals surface area (Å²) in [7, 11) is 1.67. The van der Waals surface area contributed by atoms with E-state index in [0.717, 1.165) is 52.2 Å². The summed E-state index contributed by atoms with van der Waals surface area (Å²) in [5, 5.41) is 0.933. The van der Waals surface area contributed by atoms with Crippen LogP contribution in [0.4, 0.5) is 5.13 Å². The molecular formula is C18H23N3O3S2. The number of amides is 1. The molecule has 26 heavy (non-hydrogen) atoms. The van der Waals surface area contributed by atoms with Crippen molar-refractivity contribution in [1.29, 1.82) is 0 Å². The molecule has 2 fully saturated rings. The van der Waals surface area contributed by atoms with Crippen LogP contribution in [0.5, 0.6) is 5.75 Å². The van der Waals surface area contributed by atoms with Gasteiger partial charge in [-0.15, -0.1) is 0 Å². The monoisotopic (exact) mass is 393 g/mol. The van der Waals surface area contributed by atoms with Crippen LogP contribution in [0.3, 0.4) is 0 Å². The Bertz CT molecular complexity index is 804. The molecule has 1 amide bonds. The second kappa shape index (κ2) is 7.62. The number of hydrogen-bond donors (Lipinski definition) is 0. The number of thioether (sulfide) groups is 1. The molecule has 1 unspecified atom stereocenters.